The summed E-state index contributed by atoms with van der Waals surface area (Å²) in [5.41, 5.74) is 6.65. The molecule has 3 aromatic rings. The third-order valence-electron chi connectivity index (χ3n) is 4.75. The molecule has 0 spiro atoms. The molecule has 1 aliphatic heterocycles. The van der Waals surface area contributed by atoms with Crippen LogP contribution in [-0.2, 0) is 17.8 Å². The number of aryl methyl sites for hydroxylation is 1. The van der Waals surface area contributed by atoms with Crippen LogP contribution in [0.2, 0.25) is 0 Å². The molecule has 134 valence electrons. The molecule has 0 unspecified atom stereocenters. The molecule has 1 heterocycles. The van der Waals surface area contributed by atoms with Crippen molar-refractivity contribution in [3.8, 4) is 11.1 Å². The van der Waals surface area contributed by atoms with E-state index in [-0.39, 0.29) is 11.8 Å². The lowest BCUT2D eigenvalue weighted by molar-refractivity contribution is -0.115. The molecule has 2 N–H and O–H groups in total. The molecule has 0 saturated carbocycles. The van der Waals surface area contributed by atoms with Gasteiger partial charge in [-0.15, -0.1) is 0 Å². The van der Waals surface area contributed by atoms with Crippen molar-refractivity contribution in [2.24, 2.45) is 0 Å². The largest absolute Gasteiger partial charge is 0.348 e. The SMILES string of the molecule is Cc1cccc(NC(=O)Cc2cccc(-c3cccc4c3CNC4=O)c2)c1. The Labute approximate surface area is 158 Å². The van der Waals surface area contributed by atoms with E-state index in [0.717, 1.165) is 39.1 Å². The summed E-state index contributed by atoms with van der Waals surface area (Å²) >= 11 is 0. The highest BCUT2D eigenvalue weighted by Gasteiger charge is 2.21. The van der Waals surface area contributed by atoms with Crippen molar-refractivity contribution in [3.63, 3.8) is 0 Å². The van der Waals surface area contributed by atoms with Crippen molar-refractivity contribution in [2.45, 2.75) is 19.9 Å². The van der Waals surface area contributed by atoms with Crippen molar-refractivity contribution in [1.29, 1.82) is 0 Å². The van der Waals surface area contributed by atoms with Gasteiger partial charge in [-0.1, -0.05) is 48.5 Å². The third kappa shape index (κ3) is 3.60. The zero-order valence-corrected chi connectivity index (χ0v) is 15.1. The highest BCUT2D eigenvalue weighted by Crippen LogP contribution is 2.29. The summed E-state index contributed by atoms with van der Waals surface area (Å²) in [6.07, 6.45) is 0.300. The monoisotopic (exact) mass is 356 g/mol. The van der Waals surface area contributed by atoms with Gasteiger partial charge in [0.2, 0.25) is 5.91 Å². The standard InChI is InChI=1S/C23H20N2O2/c1-15-5-2-8-18(11-15)25-22(26)13-16-6-3-7-17(12-16)19-9-4-10-20-21(19)14-24-23(20)27/h2-12H,13-14H2,1H3,(H,24,27)(H,25,26). The molecule has 0 aliphatic carbocycles. The highest BCUT2D eigenvalue weighted by atomic mass is 16.2. The van der Waals surface area contributed by atoms with Crippen LogP contribution in [0.5, 0.6) is 0 Å². The molecule has 3 aromatic carbocycles. The van der Waals surface area contributed by atoms with Crippen molar-refractivity contribution in [3.05, 3.63) is 89.0 Å². The van der Waals surface area contributed by atoms with E-state index >= 15 is 0 Å². The van der Waals surface area contributed by atoms with Gasteiger partial charge in [-0.3, -0.25) is 9.59 Å². The van der Waals surface area contributed by atoms with Gasteiger partial charge in [0, 0.05) is 17.8 Å². The molecule has 0 bridgehead atoms. The molecule has 4 rings (SSSR count). The predicted octanol–water partition coefficient (Wildman–Crippen LogP) is 4.09. The van der Waals surface area contributed by atoms with E-state index in [1.54, 1.807) is 0 Å². The molecule has 0 atom stereocenters. The summed E-state index contributed by atoms with van der Waals surface area (Å²) < 4.78 is 0. The molecule has 0 fully saturated rings. The number of carbonyl (C=O) groups excluding carboxylic acids is 2. The second-order valence-corrected chi connectivity index (χ2v) is 6.81. The van der Waals surface area contributed by atoms with E-state index < -0.39 is 0 Å². The van der Waals surface area contributed by atoms with E-state index in [2.05, 4.69) is 10.6 Å². The smallest absolute Gasteiger partial charge is 0.251 e. The van der Waals surface area contributed by atoms with Crippen LogP contribution in [0.15, 0.2) is 66.7 Å². The van der Waals surface area contributed by atoms with E-state index in [4.69, 9.17) is 0 Å². The zero-order chi connectivity index (χ0) is 18.8. The first-order valence-electron chi connectivity index (χ1n) is 8.96. The number of fused-ring (bicyclic) bond motifs is 1. The van der Waals surface area contributed by atoms with Gasteiger partial charge >= 0.3 is 0 Å². The lowest BCUT2D eigenvalue weighted by Gasteiger charge is -2.10. The van der Waals surface area contributed by atoms with Crippen LogP contribution in [0.25, 0.3) is 11.1 Å². The maximum atomic E-state index is 12.4. The quantitative estimate of drug-likeness (QED) is 0.740. The average molecular weight is 356 g/mol. The fraction of sp³-hybridized carbons (Fsp3) is 0.130. The van der Waals surface area contributed by atoms with Crippen LogP contribution in [0.3, 0.4) is 0 Å². The summed E-state index contributed by atoms with van der Waals surface area (Å²) in [5.74, 6) is -0.0755. The number of anilines is 1. The molecule has 1 aliphatic rings. The van der Waals surface area contributed by atoms with Crippen LogP contribution < -0.4 is 10.6 Å². The van der Waals surface area contributed by atoms with Crippen molar-refractivity contribution in [2.75, 3.05) is 5.32 Å². The van der Waals surface area contributed by atoms with Crippen LogP contribution in [0.4, 0.5) is 5.69 Å². The topological polar surface area (TPSA) is 58.2 Å². The number of nitrogens with one attached hydrogen (secondary N) is 2. The molecule has 0 radical (unpaired) electrons. The molecule has 0 saturated heterocycles. The lowest BCUT2D eigenvalue weighted by atomic mass is 9.95. The first-order valence-corrected chi connectivity index (χ1v) is 8.96. The van der Waals surface area contributed by atoms with Gasteiger partial charge in [0.25, 0.3) is 5.91 Å². The van der Waals surface area contributed by atoms with Crippen LogP contribution in [-0.4, -0.2) is 11.8 Å². The fourth-order valence-electron chi connectivity index (χ4n) is 3.49. The van der Waals surface area contributed by atoms with E-state index in [9.17, 15) is 9.59 Å². The van der Waals surface area contributed by atoms with E-state index in [1.165, 1.54) is 0 Å². The molecule has 4 heteroatoms. The van der Waals surface area contributed by atoms with Crippen LogP contribution >= 0.6 is 0 Å². The summed E-state index contributed by atoms with van der Waals surface area (Å²) in [5, 5.41) is 5.82. The number of amides is 2. The number of rotatable bonds is 4. The van der Waals surface area contributed by atoms with E-state index in [1.807, 2.05) is 73.7 Å². The van der Waals surface area contributed by atoms with Gasteiger partial charge in [0.1, 0.15) is 0 Å². The van der Waals surface area contributed by atoms with Gasteiger partial charge in [-0.05, 0) is 52.9 Å². The number of hydrogen-bond donors (Lipinski definition) is 2. The summed E-state index contributed by atoms with van der Waals surface area (Å²) in [4.78, 5) is 24.3. The third-order valence-corrected chi connectivity index (χ3v) is 4.75. The summed E-state index contributed by atoms with van der Waals surface area (Å²) in [6.45, 7) is 2.54. The fourth-order valence-corrected chi connectivity index (χ4v) is 3.49. The van der Waals surface area contributed by atoms with E-state index in [0.29, 0.717) is 13.0 Å². The first kappa shape index (κ1) is 17.0. The minimum Gasteiger partial charge on any atom is -0.348 e. The molecular formula is C23H20N2O2. The van der Waals surface area contributed by atoms with Crippen molar-refractivity contribution in [1.82, 2.24) is 5.32 Å². The maximum absolute atomic E-state index is 12.4. The minimum atomic E-state index is -0.0483. The Morgan fingerprint density at radius 3 is 2.63 bits per heavy atom. The Hall–Kier alpha value is -3.40. The number of carbonyl (C=O) groups is 2. The van der Waals surface area contributed by atoms with Gasteiger partial charge in [0.05, 0.1) is 6.42 Å². The minimum absolute atomic E-state index is 0.0273. The number of hydrogen-bond acceptors (Lipinski definition) is 2. The van der Waals surface area contributed by atoms with Crippen LogP contribution in [0.1, 0.15) is 27.0 Å². The highest BCUT2D eigenvalue weighted by molar-refractivity contribution is 6.00. The van der Waals surface area contributed by atoms with Crippen molar-refractivity contribution >= 4 is 17.5 Å². The zero-order valence-electron chi connectivity index (χ0n) is 15.1. The number of benzene rings is 3. The Morgan fingerprint density at radius 2 is 1.78 bits per heavy atom. The molecular weight excluding hydrogens is 336 g/mol. The van der Waals surface area contributed by atoms with Gasteiger partial charge in [-0.2, -0.15) is 0 Å². The Morgan fingerprint density at radius 1 is 1.00 bits per heavy atom. The predicted molar refractivity (Wildman–Crippen MR) is 107 cm³/mol. The Balaban J connectivity index is 1.55. The average Bonchev–Trinajstić information content (AvgIpc) is 3.03. The lowest BCUT2D eigenvalue weighted by Crippen LogP contribution is -2.14. The Kier molecular flexibility index (Phi) is 4.47. The molecule has 27 heavy (non-hydrogen) atoms. The molecule has 4 nitrogen and oxygen atoms in total. The van der Waals surface area contributed by atoms with Gasteiger partial charge in [0.15, 0.2) is 0 Å². The summed E-state index contributed by atoms with van der Waals surface area (Å²) in [6, 6.07) is 21.5. The Bertz CT molecular complexity index is 1040. The normalized spacial score (nSPS) is 12.4. The first-order chi connectivity index (χ1) is 13.1. The molecule has 0 aromatic heterocycles. The second kappa shape index (κ2) is 7.08. The van der Waals surface area contributed by atoms with Gasteiger partial charge < -0.3 is 10.6 Å². The van der Waals surface area contributed by atoms with Crippen LogP contribution in [0, 0.1) is 6.92 Å². The molecule has 2 amide bonds. The van der Waals surface area contributed by atoms with Gasteiger partial charge in [-0.25, -0.2) is 0 Å². The van der Waals surface area contributed by atoms with Crippen molar-refractivity contribution < 1.29 is 9.59 Å². The summed E-state index contributed by atoms with van der Waals surface area (Å²) in [7, 11) is 0. The second-order valence-electron chi connectivity index (χ2n) is 6.81. The maximum Gasteiger partial charge on any atom is 0.251 e.